The SMILES string of the molecule is S=[P+]1SS1. The topological polar surface area (TPSA) is 0 Å². The Balaban J connectivity index is 2.60. The molecule has 0 aromatic heterocycles. The summed E-state index contributed by atoms with van der Waals surface area (Å²) in [6.45, 7) is 0. The van der Waals surface area contributed by atoms with Crippen LogP contribution in [0, 0.1) is 0 Å². The van der Waals surface area contributed by atoms with Crippen LogP contribution in [0.25, 0.3) is 0 Å². The third-order valence-electron chi connectivity index (χ3n) is 0.135. The molecule has 4 heteroatoms. The van der Waals surface area contributed by atoms with Gasteiger partial charge in [0.15, 0.2) is 11.8 Å². The number of rotatable bonds is 0. The molecule has 0 aromatic carbocycles. The van der Waals surface area contributed by atoms with Crippen LogP contribution in [-0.2, 0) is 11.8 Å². The van der Waals surface area contributed by atoms with Crippen molar-refractivity contribution < 1.29 is 0 Å². The van der Waals surface area contributed by atoms with E-state index in [0.29, 0.717) is 0 Å². The Labute approximate surface area is 38.0 Å². The molecule has 1 fully saturated rings. The highest BCUT2D eigenvalue weighted by Crippen LogP contribution is 2.79. The van der Waals surface area contributed by atoms with E-state index < -0.39 is 0 Å². The summed E-state index contributed by atoms with van der Waals surface area (Å²) in [7, 11) is 3.64. The van der Waals surface area contributed by atoms with Crippen LogP contribution in [-0.4, -0.2) is 0 Å². The maximum atomic E-state index is 4.72. The van der Waals surface area contributed by atoms with E-state index in [1.807, 2.05) is 20.8 Å². The molecular weight excluding hydrogens is 127 g/mol. The van der Waals surface area contributed by atoms with E-state index in [9.17, 15) is 0 Å². The van der Waals surface area contributed by atoms with Gasteiger partial charge in [-0.3, -0.25) is 0 Å². The first kappa shape index (κ1) is 3.41. The molecule has 0 amide bonds. The Kier molecular flexibility index (Phi) is 0.965. The summed E-state index contributed by atoms with van der Waals surface area (Å²) in [5.74, 6) is 0. The predicted octanol–water partition coefficient (Wildman–Crippen LogP) is 2.16. The molecule has 0 aliphatic carbocycles. The maximum Gasteiger partial charge on any atom is 0.348 e. The minimum absolute atomic E-state index is 0.0463. The van der Waals surface area contributed by atoms with E-state index in [1.165, 1.54) is 0 Å². The zero-order valence-electron chi connectivity index (χ0n) is 1.67. The lowest BCUT2D eigenvalue weighted by molar-refractivity contribution is 5.86. The molecule has 0 N–H and O–H groups in total. The Hall–Kier alpha value is 1.22. The average molecular weight is 127 g/mol. The molecule has 4 heavy (non-hydrogen) atoms. The molecule has 1 aliphatic heterocycles. The molecule has 1 rings (SSSR count). The summed E-state index contributed by atoms with van der Waals surface area (Å²) in [5.41, 5.74) is 0. The summed E-state index contributed by atoms with van der Waals surface area (Å²) >= 11 is 4.72. The molecule has 1 aliphatic rings. The molecule has 22 valence electrons. The molecule has 1 heterocycles. The van der Waals surface area contributed by atoms with Gasteiger partial charge in [-0.15, -0.1) is 0 Å². The number of hydrogen-bond acceptors (Lipinski definition) is 3. The molecule has 0 radical (unpaired) electrons. The second-order valence-electron chi connectivity index (χ2n) is 0.373. The lowest BCUT2D eigenvalue weighted by atomic mass is 30.1. The third-order valence-corrected chi connectivity index (χ3v) is 6.94. The van der Waals surface area contributed by atoms with Crippen LogP contribution in [0.3, 0.4) is 0 Å². The normalized spacial score (nSPS) is 21.5. The average Bonchev–Trinajstić information content (AvgIpc) is 1.75. The van der Waals surface area contributed by atoms with Crippen LogP contribution in [0.15, 0.2) is 0 Å². The van der Waals surface area contributed by atoms with Crippen molar-refractivity contribution in [3.63, 3.8) is 0 Å². The first-order valence-corrected chi connectivity index (χ1v) is 6.43. The lowest BCUT2D eigenvalue weighted by Gasteiger charge is -0.982. The van der Waals surface area contributed by atoms with E-state index in [0.717, 1.165) is 0 Å². The molecule has 1 saturated heterocycles. The smallest absolute Gasteiger partial charge is 0.191 e. The molecule has 0 saturated carbocycles. The Morgan fingerprint density at radius 3 is 1.75 bits per heavy atom. The van der Waals surface area contributed by atoms with Gasteiger partial charge in [0, 0.05) is 0 Å². The fourth-order valence-electron chi connectivity index (χ4n) is 0.0136. The van der Waals surface area contributed by atoms with Crippen molar-refractivity contribution in [1.82, 2.24) is 0 Å². The van der Waals surface area contributed by atoms with Gasteiger partial charge in [-0.25, -0.2) is 0 Å². The summed E-state index contributed by atoms with van der Waals surface area (Å²) < 4.78 is 0. The van der Waals surface area contributed by atoms with Gasteiger partial charge < -0.3 is 0 Å². The Morgan fingerprint density at radius 2 is 1.75 bits per heavy atom. The second kappa shape index (κ2) is 1.13. The van der Waals surface area contributed by atoms with E-state index in [2.05, 4.69) is 0 Å². The molecule has 0 nitrogen and oxygen atoms in total. The van der Waals surface area contributed by atoms with Crippen molar-refractivity contribution in [1.29, 1.82) is 0 Å². The highest BCUT2D eigenvalue weighted by molar-refractivity contribution is 9.46. The molecule has 0 bridgehead atoms. The van der Waals surface area contributed by atoms with Crippen molar-refractivity contribution in [2.45, 2.75) is 0 Å². The minimum Gasteiger partial charge on any atom is 0.191 e. The van der Waals surface area contributed by atoms with E-state index in [4.69, 9.17) is 11.8 Å². The molecule has 0 atom stereocenters. The summed E-state index contributed by atoms with van der Waals surface area (Å²) in [4.78, 5) is 0. The van der Waals surface area contributed by atoms with Gasteiger partial charge >= 0.3 is 5.10 Å². The van der Waals surface area contributed by atoms with Gasteiger partial charge in [-0.05, 0) is 0 Å². The summed E-state index contributed by atoms with van der Waals surface area (Å²) in [5, 5.41) is 0.0463. The zero-order valence-corrected chi connectivity index (χ0v) is 5.02. The minimum atomic E-state index is 0.0463. The third kappa shape index (κ3) is 0.891. The van der Waals surface area contributed by atoms with Gasteiger partial charge in [0.05, 0.1) is 0 Å². The van der Waals surface area contributed by atoms with Crippen molar-refractivity contribution >= 4 is 37.7 Å². The van der Waals surface area contributed by atoms with Gasteiger partial charge in [0.2, 0.25) is 20.8 Å². The van der Waals surface area contributed by atoms with E-state index >= 15 is 0 Å². The van der Waals surface area contributed by atoms with Crippen LogP contribution >= 0.6 is 25.9 Å². The second-order valence-corrected chi connectivity index (χ2v) is 10.1. The zero-order chi connectivity index (χ0) is 2.99. The largest absolute Gasteiger partial charge is 0.348 e. The van der Waals surface area contributed by atoms with Crippen molar-refractivity contribution in [2.75, 3.05) is 0 Å². The number of hydrogen-bond donors (Lipinski definition) is 0. The molecule has 0 unspecified atom stereocenters. The van der Waals surface area contributed by atoms with Gasteiger partial charge in [-0.1, -0.05) is 0 Å². The first-order valence-electron chi connectivity index (χ1n) is 0.714. The van der Waals surface area contributed by atoms with Crippen molar-refractivity contribution in [3.05, 3.63) is 0 Å². The molecule has 0 aromatic rings. The molecule has 0 spiro atoms. The van der Waals surface area contributed by atoms with Crippen LogP contribution in [0.2, 0.25) is 0 Å². The fraction of sp³-hybridized carbons (Fsp3) is 0. The van der Waals surface area contributed by atoms with Crippen molar-refractivity contribution in [3.8, 4) is 0 Å². The van der Waals surface area contributed by atoms with Crippen LogP contribution in [0.5, 0.6) is 0 Å². The fourth-order valence-corrected chi connectivity index (χ4v) is 3.31. The quantitative estimate of drug-likeness (QED) is 0.278. The van der Waals surface area contributed by atoms with Crippen LogP contribution in [0.4, 0.5) is 0 Å². The van der Waals surface area contributed by atoms with Gasteiger partial charge in [0.25, 0.3) is 0 Å². The highest BCUT2D eigenvalue weighted by atomic mass is 33.8. The Bertz CT molecular complexity index is 41.2. The highest BCUT2D eigenvalue weighted by Gasteiger charge is 2.36. The predicted molar refractivity (Wildman–Crippen MR) is 29.5 cm³/mol. The summed E-state index contributed by atoms with van der Waals surface area (Å²) in [6.07, 6.45) is 0. The van der Waals surface area contributed by atoms with Crippen LogP contribution in [0.1, 0.15) is 0 Å². The molecular formula is PS3+. The first-order chi connectivity index (χ1) is 1.89. The Morgan fingerprint density at radius 1 is 1.50 bits per heavy atom. The van der Waals surface area contributed by atoms with E-state index in [1.54, 1.807) is 0 Å². The monoisotopic (exact) mass is 127 g/mol. The van der Waals surface area contributed by atoms with E-state index in [-0.39, 0.29) is 5.10 Å². The lowest BCUT2D eigenvalue weighted by Crippen LogP contribution is -0.702. The van der Waals surface area contributed by atoms with Gasteiger partial charge in [0.1, 0.15) is 0 Å². The summed E-state index contributed by atoms with van der Waals surface area (Å²) in [6, 6.07) is 0. The standard InChI is InChI=1S/PS3/c2-1-3-4-1/q+1. The maximum absolute atomic E-state index is 4.72. The van der Waals surface area contributed by atoms with Crippen LogP contribution < -0.4 is 0 Å². The van der Waals surface area contributed by atoms with Crippen molar-refractivity contribution in [2.24, 2.45) is 0 Å². The van der Waals surface area contributed by atoms with Gasteiger partial charge in [-0.2, -0.15) is 0 Å².